The Labute approximate surface area is 116 Å². The minimum atomic E-state index is 0.308. The average molecular weight is 263 g/mol. The lowest BCUT2D eigenvalue weighted by molar-refractivity contribution is -0.127. The fourth-order valence-electron chi connectivity index (χ4n) is 1.71. The topological polar surface area (TPSA) is 52.3 Å². The number of nitrogens with two attached hydrogens (primary N) is 1. The minimum absolute atomic E-state index is 0.308. The first-order valence-electron chi connectivity index (χ1n) is 6.55. The van der Waals surface area contributed by atoms with Gasteiger partial charge in [-0.2, -0.15) is 0 Å². The van der Waals surface area contributed by atoms with Crippen LogP contribution >= 0.6 is 0 Å². The van der Waals surface area contributed by atoms with Crippen molar-refractivity contribution >= 4 is 6.47 Å². The van der Waals surface area contributed by atoms with Crippen molar-refractivity contribution < 1.29 is 9.53 Å². The summed E-state index contributed by atoms with van der Waals surface area (Å²) in [5.41, 5.74) is 7.35. The van der Waals surface area contributed by atoms with Gasteiger partial charge in [0.2, 0.25) is 0 Å². The fourth-order valence-corrected chi connectivity index (χ4v) is 1.71. The predicted molar refractivity (Wildman–Crippen MR) is 79.8 cm³/mol. The highest BCUT2D eigenvalue weighted by molar-refractivity contribution is 5.37. The lowest BCUT2D eigenvalue weighted by atomic mass is 9.98. The number of hydrogen-bond acceptors (Lipinski definition) is 3. The summed E-state index contributed by atoms with van der Waals surface area (Å²) >= 11 is 0. The first kappa shape index (κ1) is 17.4. The lowest BCUT2D eigenvalue weighted by Gasteiger charge is -2.13. The summed E-state index contributed by atoms with van der Waals surface area (Å²) in [5, 5.41) is 0. The molecule has 3 nitrogen and oxygen atoms in total. The van der Waals surface area contributed by atoms with Gasteiger partial charge < -0.3 is 10.5 Å². The highest BCUT2D eigenvalue weighted by atomic mass is 16.5. The molecule has 0 saturated carbocycles. The van der Waals surface area contributed by atoms with Gasteiger partial charge in [0.15, 0.2) is 0 Å². The summed E-state index contributed by atoms with van der Waals surface area (Å²) < 4.78 is 4.18. The molecule has 0 spiro atoms. The second-order valence-corrected chi connectivity index (χ2v) is 4.80. The van der Waals surface area contributed by atoms with Crippen LogP contribution in [0.25, 0.3) is 0 Å². The summed E-state index contributed by atoms with van der Waals surface area (Å²) in [7, 11) is 0. The monoisotopic (exact) mass is 263 g/mol. The Morgan fingerprint density at radius 3 is 2.37 bits per heavy atom. The van der Waals surface area contributed by atoms with Crippen LogP contribution in [0.2, 0.25) is 0 Å². The molecule has 0 fully saturated rings. The Kier molecular flexibility index (Phi) is 10.5. The van der Waals surface area contributed by atoms with Crippen LogP contribution in [0.5, 0.6) is 0 Å². The highest BCUT2D eigenvalue weighted by Crippen LogP contribution is 2.08. The van der Waals surface area contributed by atoms with Gasteiger partial charge in [-0.25, -0.2) is 0 Å². The Morgan fingerprint density at radius 2 is 1.95 bits per heavy atom. The SMILES string of the molecule is C=CCOC=O.CC(C)CC(N)Cc1ccccc1. The summed E-state index contributed by atoms with van der Waals surface area (Å²) in [5.74, 6) is 0.693. The Morgan fingerprint density at radius 1 is 1.32 bits per heavy atom. The number of rotatable bonds is 7. The van der Waals surface area contributed by atoms with E-state index in [2.05, 4.69) is 49.4 Å². The van der Waals surface area contributed by atoms with E-state index >= 15 is 0 Å². The van der Waals surface area contributed by atoms with Gasteiger partial charge in [-0.3, -0.25) is 4.79 Å². The van der Waals surface area contributed by atoms with Crippen molar-refractivity contribution in [3.63, 3.8) is 0 Å². The van der Waals surface area contributed by atoms with E-state index < -0.39 is 0 Å². The van der Waals surface area contributed by atoms with Crippen LogP contribution in [0.4, 0.5) is 0 Å². The molecule has 1 atom stereocenters. The van der Waals surface area contributed by atoms with Gasteiger partial charge >= 0.3 is 0 Å². The van der Waals surface area contributed by atoms with Gasteiger partial charge in [0.1, 0.15) is 6.61 Å². The van der Waals surface area contributed by atoms with Crippen molar-refractivity contribution in [3.05, 3.63) is 48.6 Å². The van der Waals surface area contributed by atoms with Gasteiger partial charge in [-0.15, -0.1) is 0 Å². The standard InChI is InChI=1S/C12H19N.C4H6O2/c1-10(2)8-12(13)9-11-6-4-3-5-7-11;1-2-3-6-4-5/h3-7,10,12H,8-9,13H2,1-2H3;2,4H,1,3H2. The highest BCUT2D eigenvalue weighted by Gasteiger charge is 2.05. The van der Waals surface area contributed by atoms with Crippen LogP contribution in [0.3, 0.4) is 0 Å². The molecule has 1 aromatic rings. The van der Waals surface area contributed by atoms with Gasteiger partial charge in [-0.1, -0.05) is 56.8 Å². The van der Waals surface area contributed by atoms with Gasteiger partial charge in [0, 0.05) is 6.04 Å². The molecule has 2 N–H and O–H groups in total. The van der Waals surface area contributed by atoms with Gasteiger partial charge in [0.25, 0.3) is 6.47 Å². The molecule has 0 heterocycles. The second-order valence-electron chi connectivity index (χ2n) is 4.80. The van der Waals surface area contributed by atoms with Crippen molar-refractivity contribution in [1.82, 2.24) is 0 Å². The maximum Gasteiger partial charge on any atom is 0.293 e. The third-order valence-corrected chi connectivity index (χ3v) is 2.40. The zero-order valence-corrected chi connectivity index (χ0v) is 11.9. The number of benzene rings is 1. The third kappa shape index (κ3) is 11.2. The lowest BCUT2D eigenvalue weighted by Crippen LogP contribution is -2.24. The molecule has 1 unspecified atom stereocenters. The fraction of sp³-hybridized carbons (Fsp3) is 0.438. The average Bonchev–Trinajstić information content (AvgIpc) is 2.37. The predicted octanol–water partition coefficient (Wildman–Crippen LogP) is 2.95. The van der Waals surface area contributed by atoms with Gasteiger partial charge in [0.05, 0.1) is 0 Å². The number of carbonyl (C=O) groups is 1. The minimum Gasteiger partial charge on any atom is -0.464 e. The maximum absolute atomic E-state index is 9.29. The first-order valence-corrected chi connectivity index (χ1v) is 6.55. The van der Waals surface area contributed by atoms with Crippen LogP contribution in [0, 0.1) is 5.92 Å². The van der Waals surface area contributed by atoms with E-state index in [0.717, 1.165) is 12.8 Å². The van der Waals surface area contributed by atoms with E-state index in [9.17, 15) is 4.79 Å². The smallest absolute Gasteiger partial charge is 0.293 e. The molecule has 1 rings (SSSR count). The Balaban J connectivity index is 0.000000459. The Hall–Kier alpha value is -1.61. The molecule has 0 aromatic heterocycles. The maximum atomic E-state index is 9.29. The van der Waals surface area contributed by atoms with Crippen LogP contribution in [-0.2, 0) is 16.0 Å². The van der Waals surface area contributed by atoms with Crippen LogP contribution in [0.15, 0.2) is 43.0 Å². The Bertz CT molecular complexity index is 328. The molecule has 0 saturated heterocycles. The quantitative estimate of drug-likeness (QED) is 0.467. The largest absolute Gasteiger partial charge is 0.464 e. The van der Waals surface area contributed by atoms with Crippen molar-refractivity contribution in [2.75, 3.05) is 6.61 Å². The summed E-state index contributed by atoms with van der Waals surface area (Å²) in [6, 6.07) is 10.8. The molecule has 3 heteroatoms. The van der Waals surface area contributed by atoms with Crippen molar-refractivity contribution in [1.29, 1.82) is 0 Å². The van der Waals surface area contributed by atoms with Crippen molar-refractivity contribution in [3.8, 4) is 0 Å². The van der Waals surface area contributed by atoms with Crippen molar-refractivity contribution in [2.45, 2.75) is 32.7 Å². The summed E-state index contributed by atoms with van der Waals surface area (Å²) in [4.78, 5) is 9.29. The van der Waals surface area contributed by atoms with E-state index in [4.69, 9.17) is 5.73 Å². The number of ether oxygens (including phenoxy) is 1. The van der Waals surface area contributed by atoms with E-state index in [0.29, 0.717) is 25.0 Å². The molecule has 106 valence electrons. The zero-order chi connectivity index (χ0) is 14.5. The van der Waals surface area contributed by atoms with Crippen LogP contribution < -0.4 is 5.73 Å². The molecule has 0 bridgehead atoms. The first-order chi connectivity index (χ1) is 9.10. The molecule has 0 radical (unpaired) electrons. The summed E-state index contributed by atoms with van der Waals surface area (Å²) in [6.45, 7) is 8.44. The van der Waals surface area contributed by atoms with Crippen molar-refractivity contribution in [2.24, 2.45) is 11.7 Å². The summed E-state index contributed by atoms with van der Waals surface area (Å²) in [6.07, 6.45) is 3.61. The van der Waals surface area contributed by atoms with Crippen LogP contribution in [0.1, 0.15) is 25.8 Å². The van der Waals surface area contributed by atoms with E-state index in [1.807, 2.05) is 6.07 Å². The molecule has 1 aromatic carbocycles. The zero-order valence-electron chi connectivity index (χ0n) is 11.9. The molecule has 19 heavy (non-hydrogen) atoms. The van der Waals surface area contributed by atoms with E-state index in [-0.39, 0.29) is 0 Å². The normalized spacial score (nSPS) is 11.2. The molecule has 0 aliphatic rings. The molecular formula is C16H25NO2. The molecule has 0 amide bonds. The van der Waals surface area contributed by atoms with E-state index in [1.165, 1.54) is 11.6 Å². The molecule has 0 aliphatic carbocycles. The number of hydrogen-bond donors (Lipinski definition) is 1. The molecular weight excluding hydrogens is 238 g/mol. The van der Waals surface area contributed by atoms with Gasteiger partial charge in [-0.05, 0) is 24.3 Å². The number of carbonyl (C=O) groups excluding carboxylic acids is 1. The van der Waals surface area contributed by atoms with Crippen LogP contribution in [-0.4, -0.2) is 19.1 Å². The molecule has 0 aliphatic heterocycles. The third-order valence-electron chi connectivity index (χ3n) is 2.40. The second kappa shape index (κ2) is 11.5. The van der Waals surface area contributed by atoms with E-state index in [1.54, 1.807) is 0 Å².